The van der Waals surface area contributed by atoms with Gasteiger partial charge in [-0.3, -0.25) is 9.59 Å². The standard InChI is InChI=1S/C31H35F4N7O3/c1-3-24-20-7-6-8-23(26(20)29(44)42(24)15-11-32)38-27-21(31(33,34)35)18-37-30(40-27)39-22-10-9-19(17-25(22)45-2)28(43)36-12-16-41-13-4-5-14-41/h6-10,17-18,24H,3-5,11-16H2,1-2H3,(H,36,43)(H2,37,38,39,40). The van der Waals surface area contributed by atoms with Crippen LogP contribution in [0.1, 0.15) is 64.1 Å². The van der Waals surface area contributed by atoms with E-state index in [1.807, 2.05) is 6.92 Å². The second-order valence-corrected chi connectivity index (χ2v) is 10.8. The Balaban J connectivity index is 1.38. The maximum Gasteiger partial charge on any atom is 0.421 e. The minimum atomic E-state index is -4.81. The molecule has 240 valence electrons. The molecule has 0 saturated carbocycles. The molecular weight excluding hydrogens is 594 g/mol. The highest BCUT2D eigenvalue weighted by atomic mass is 19.4. The van der Waals surface area contributed by atoms with Crippen LogP contribution >= 0.6 is 0 Å². The maximum absolute atomic E-state index is 14.0. The number of likely N-dealkylation sites (tertiary alicyclic amines) is 1. The fourth-order valence-electron chi connectivity index (χ4n) is 5.80. The van der Waals surface area contributed by atoms with Crippen LogP contribution in [0.5, 0.6) is 5.75 Å². The number of hydrogen-bond acceptors (Lipinski definition) is 8. The molecule has 3 aromatic rings. The lowest BCUT2D eigenvalue weighted by atomic mass is 10.0. The summed E-state index contributed by atoms with van der Waals surface area (Å²) >= 11 is 0. The van der Waals surface area contributed by atoms with Crippen molar-refractivity contribution in [2.45, 2.75) is 38.4 Å². The van der Waals surface area contributed by atoms with Crippen molar-refractivity contribution in [1.82, 2.24) is 25.1 Å². The van der Waals surface area contributed by atoms with Crippen LogP contribution in [-0.4, -0.2) is 78.1 Å². The molecule has 2 aromatic carbocycles. The zero-order valence-electron chi connectivity index (χ0n) is 25.0. The van der Waals surface area contributed by atoms with Crippen molar-refractivity contribution in [3.05, 3.63) is 64.8 Å². The Bertz CT molecular complexity index is 1550. The molecular formula is C31H35F4N7O3. The van der Waals surface area contributed by atoms with Gasteiger partial charge in [0, 0.05) is 31.4 Å². The number of methoxy groups -OCH3 is 1. The summed E-state index contributed by atoms with van der Waals surface area (Å²) in [6.07, 6.45) is -1.34. The third kappa shape index (κ3) is 6.95. The van der Waals surface area contributed by atoms with Crippen LogP contribution in [0.25, 0.3) is 0 Å². The molecule has 1 saturated heterocycles. The predicted molar refractivity (Wildman–Crippen MR) is 161 cm³/mol. The number of carbonyl (C=O) groups excluding carboxylic acids is 2. The molecule has 1 unspecified atom stereocenters. The quantitative estimate of drug-likeness (QED) is 0.219. The van der Waals surface area contributed by atoms with Crippen molar-refractivity contribution in [2.24, 2.45) is 0 Å². The highest BCUT2D eigenvalue weighted by Crippen LogP contribution is 2.42. The van der Waals surface area contributed by atoms with E-state index < -0.39 is 36.2 Å². The molecule has 3 heterocycles. The molecule has 0 radical (unpaired) electrons. The molecule has 0 bridgehead atoms. The van der Waals surface area contributed by atoms with E-state index in [9.17, 15) is 27.2 Å². The smallest absolute Gasteiger partial charge is 0.421 e. The van der Waals surface area contributed by atoms with Gasteiger partial charge in [-0.15, -0.1) is 0 Å². The van der Waals surface area contributed by atoms with Gasteiger partial charge in [-0.1, -0.05) is 19.1 Å². The van der Waals surface area contributed by atoms with Crippen molar-refractivity contribution >= 4 is 35.0 Å². The third-order valence-electron chi connectivity index (χ3n) is 7.99. The first-order valence-corrected chi connectivity index (χ1v) is 14.8. The number of benzene rings is 2. The first kappa shape index (κ1) is 31.9. The van der Waals surface area contributed by atoms with Crippen molar-refractivity contribution in [3.8, 4) is 5.75 Å². The lowest BCUT2D eigenvalue weighted by Crippen LogP contribution is -2.33. The average molecular weight is 630 g/mol. The van der Waals surface area contributed by atoms with E-state index in [0.717, 1.165) is 32.5 Å². The maximum atomic E-state index is 14.0. The van der Waals surface area contributed by atoms with E-state index in [0.29, 0.717) is 36.0 Å². The van der Waals surface area contributed by atoms with Gasteiger partial charge in [-0.05, 0) is 62.2 Å². The van der Waals surface area contributed by atoms with Gasteiger partial charge in [0.15, 0.2) is 0 Å². The van der Waals surface area contributed by atoms with Crippen LogP contribution in [0.2, 0.25) is 0 Å². The summed E-state index contributed by atoms with van der Waals surface area (Å²) in [4.78, 5) is 37.6. The number of fused-ring (bicyclic) bond motifs is 1. The van der Waals surface area contributed by atoms with E-state index in [2.05, 4.69) is 30.8 Å². The lowest BCUT2D eigenvalue weighted by molar-refractivity contribution is -0.137. The van der Waals surface area contributed by atoms with E-state index >= 15 is 0 Å². The molecule has 14 heteroatoms. The third-order valence-corrected chi connectivity index (χ3v) is 7.99. The highest BCUT2D eigenvalue weighted by Gasteiger charge is 2.39. The summed E-state index contributed by atoms with van der Waals surface area (Å²) < 4.78 is 60.8. The molecule has 3 N–H and O–H groups in total. The Labute approximate surface area is 258 Å². The normalized spacial score (nSPS) is 16.5. The number of anilines is 4. The molecule has 2 aliphatic heterocycles. The molecule has 2 aliphatic rings. The Hall–Kier alpha value is -4.46. The number of hydrogen-bond donors (Lipinski definition) is 3. The van der Waals surface area contributed by atoms with E-state index in [-0.39, 0.29) is 35.4 Å². The Kier molecular flexibility index (Phi) is 9.71. The van der Waals surface area contributed by atoms with Gasteiger partial charge in [-0.2, -0.15) is 18.2 Å². The van der Waals surface area contributed by atoms with Crippen molar-refractivity contribution in [1.29, 1.82) is 0 Å². The van der Waals surface area contributed by atoms with Gasteiger partial charge >= 0.3 is 6.18 Å². The molecule has 0 aliphatic carbocycles. The fourth-order valence-corrected chi connectivity index (χ4v) is 5.80. The molecule has 1 aromatic heterocycles. The Morgan fingerprint density at radius 3 is 2.56 bits per heavy atom. The monoisotopic (exact) mass is 629 g/mol. The number of halogens is 4. The van der Waals surface area contributed by atoms with E-state index in [1.54, 1.807) is 24.3 Å². The van der Waals surface area contributed by atoms with Crippen LogP contribution in [0.3, 0.4) is 0 Å². The predicted octanol–water partition coefficient (Wildman–Crippen LogP) is 5.69. The van der Waals surface area contributed by atoms with Crippen molar-refractivity contribution < 1.29 is 31.9 Å². The van der Waals surface area contributed by atoms with Gasteiger partial charge in [0.2, 0.25) is 5.95 Å². The Morgan fingerprint density at radius 1 is 1.09 bits per heavy atom. The molecule has 45 heavy (non-hydrogen) atoms. The second kappa shape index (κ2) is 13.7. The van der Waals surface area contributed by atoms with E-state index in [4.69, 9.17) is 4.74 Å². The molecule has 10 nitrogen and oxygen atoms in total. The van der Waals surface area contributed by atoms with Crippen molar-refractivity contribution in [2.75, 3.05) is 57.1 Å². The number of nitrogens with zero attached hydrogens (tertiary/aromatic N) is 4. The Morgan fingerprint density at radius 2 is 1.87 bits per heavy atom. The highest BCUT2D eigenvalue weighted by molar-refractivity contribution is 6.05. The molecule has 0 spiro atoms. The number of amides is 2. The lowest BCUT2D eigenvalue weighted by Gasteiger charge is -2.22. The fraction of sp³-hybridized carbons (Fsp3) is 0.419. The van der Waals surface area contributed by atoms with Gasteiger partial charge < -0.3 is 30.5 Å². The number of alkyl halides is 4. The SMILES string of the molecule is CCC1c2cccc(Nc3nc(Nc4ccc(C(=O)NCCN5CCCC5)cc4OC)ncc3C(F)(F)F)c2C(=O)N1CCF. The first-order chi connectivity index (χ1) is 21.6. The minimum Gasteiger partial charge on any atom is -0.495 e. The summed E-state index contributed by atoms with van der Waals surface area (Å²) in [5.74, 6) is -1.26. The van der Waals surface area contributed by atoms with Gasteiger partial charge in [0.25, 0.3) is 11.8 Å². The number of ether oxygens (including phenoxy) is 1. The molecule has 1 fully saturated rings. The van der Waals surface area contributed by atoms with Crippen LogP contribution in [0.15, 0.2) is 42.6 Å². The second-order valence-electron chi connectivity index (χ2n) is 10.8. The van der Waals surface area contributed by atoms with Gasteiger partial charge in [-0.25, -0.2) is 9.37 Å². The van der Waals surface area contributed by atoms with Crippen LogP contribution in [-0.2, 0) is 6.18 Å². The van der Waals surface area contributed by atoms with Crippen LogP contribution in [0.4, 0.5) is 40.7 Å². The van der Waals surface area contributed by atoms with Gasteiger partial charge in [0.05, 0.1) is 30.1 Å². The summed E-state index contributed by atoms with van der Waals surface area (Å²) in [6.45, 7) is 4.30. The summed E-state index contributed by atoms with van der Waals surface area (Å²) in [5.41, 5.74) is 0.424. The molecule has 5 rings (SSSR count). The molecule has 1 atom stereocenters. The molecule has 2 amide bonds. The largest absolute Gasteiger partial charge is 0.495 e. The number of nitrogens with one attached hydrogen (secondary N) is 3. The van der Waals surface area contributed by atoms with E-state index in [1.165, 1.54) is 24.1 Å². The van der Waals surface area contributed by atoms with Gasteiger partial charge in [0.1, 0.15) is 23.8 Å². The number of carbonyl (C=O) groups is 2. The topological polar surface area (TPSA) is 112 Å². The average Bonchev–Trinajstić information content (AvgIpc) is 3.63. The van der Waals surface area contributed by atoms with Crippen molar-refractivity contribution in [3.63, 3.8) is 0 Å². The summed E-state index contributed by atoms with van der Waals surface area (Å²) in [6, 6.07) is 9.06. The summed E-state index contributed by atoms with van der Waals surface area (Å²) in [5, 5.41) is 8.45. The number of aromatic nitrogens is 2. The van der Waals surface area contributed by atoms with Crippen LogP contribution < -0.4 is 20.7 Å². The summed E-state index contributed by atoms with van der Waals surface area (Å²) in [7, 11) is 1.40. The first-order valence-electron chi connectivity index (χ1n) is 14.8. The van der Waals surface area contributed by atoms with Crippen LogP contribution in [0, 0.1) is 0 Å². The zero-order valence-corrected chi connectivity index (χ0v) is 25.0. The zero-order chi connectivity index (χ0) is 32.1. The minimum absolute atomic E-state index is 0.116. The number of rotatable bonds is 12.